The molecule has 8 heteroatoms. The molecule has 3 aromatic heterocycles. The van der Waals surface area contributed by atoms with Gasteiger partial charge < -0.3 is 15.6 Å². The molecule has 4 heterocycles. The van der Waals surface area contributed by atoms with Crippen molar-refractivity contribution in [3.8, 4) is 11.3 Å². The maximum absolute atomic E-state index is 7.93. The third-order valence-corrected chi connectivity index (χ3v) is 6.06. The van der Waals surface area contributed by atoms with E-state index in [1.54, 1.807) is 6.20 Å². The van der Waals surface area contributed by atoms with E-state index < -0.39 is 0 Å². The minimum Gasteiger partial charge on any atom is -0.389 e. The summed E-state index contributed by atoms with van der Waals surface area (Å²) in [6.45, 7) is 8.62. The molecule has 31 heavy (non-hydrogen) atoms. The second-order valence-electron chi connectivity index (χ2n) is 8.06. The zero-order chi connectivity index (χ0) is 21.6. The zero-order valence-electron chi connectivity index (χ0n) is 18.5. The van der Waals surface area contributed by atoms with Gasteiger partial charge >= 0.3 is 0 Å². The van der Waals surface area contributed by atoms with Crippen molar-refractivity contribution in [3.05, 3.63) is 42.7 Å². The number of allylic oxidation sites excluding steroid dienone is 1. The molecule has 0 unspecified atom stereocenters. The molecule has 0 amide bonds. The van der Waals surface area contributed by atoms with Gasteiger partial charge in [0.15, 0.2) is 0 Å². The molecular weight excluding hydrogens is 388 g/mol. The molecule has 0 aliphatic carbocycles. The number of nitrogens with one attached hydrogen (secondary N) is 2. The van der Waals surface area contributed by atoms with Gasteiger partial charge in [0.25, 0.3) is 0 Å². The first-order valence-electron chi connectivity index (χ1n) is 11.3. The Hall–Kier alpha value is -3.00. The van der Waals surface area contributed by atoms with Gasteiger partial charge in [0.2, 0.25) is 0 Å². The van der Waals surface area contributed by atoms with E-state index in [1.165, 1.54) is 32.1 Å². The second-order valence-corrected chi connectivity index (χ2v) is 8.06. The van der Waals surface area contributed by atoms with Crippen molar-refractivity contribution in [1.29, 1.82) is 5.41 Å². The van der Waals surface area contributed by atoms with Gasteiger partial charge in [-0.05, 0) is 44.8 Å². The Bertz CT molecular complexity index is 1040. The molecule has 0 aromatic carbocycles. The molecule has 3 aromatic rings. The Morgan fingerprint density at radius 1 is 1.19 bits per heavy atom. The van der Waals surface area contributed by atoms with E-state index in [-0.39, 0.29) is 0 Å². The lowest BCUT2D eigenvalue weighted by molar-refractivity contribution is 0.342. The lowest BCUT2D eigenvalue weighted by atomic mass is 10.1. The molecule has 0 saturated carbocycles. The van der Waals surface area contributed by atoms with Crippen LogP contribution in [0.3, 0.4) is 0 Å². The number of hydrogen-bond acceptors (Lipinski definition) is 6. The van der Waals surface area contributed by atoms with Crippen molar-refractivity contribution in [3.63, 3.8) is 0 Å². The molecule has 2 N–H and O–H groups in total. The maximum atomic E-state index is 7.93. The quantitative estimate of drug-likeness (QED) is 0.386. The fraction of sp³-hybridized carbons (Fsp3) is 0.478. The van der Waals surface area contributed by atoms with Gasteiger partial charge in [-0.15, -0.1) is 0 Å². The van der Waals surface area contributed by atoms with Gasteiger partial charge in [-0.3, -0.25) is 4.68 Å². The molecule has 1 aliphatic heterocycles. The molecule has 4 rings (SSSR count). The highest BCUT2D eigenvalue weighted by atomic mass is 15.3. The SMILES string of the molecule is CCC(CC)n1cc(-c2nc(/C(C=N)=C/NCCN3CCCC3)cn3nccc23)cn1. The number of aromatic nitrogens is 5. The van der Waals surface area contributed by atoms with Crippen LogP contribution in [0, 0.1) is 5.41 Å². The Morgan fingerprint density at radius 3 is 2.74 bits per heavy atom. The van der Waals surface area contributed by atoms with Gasteiger partial charge in [0.1, 0.15) is 0 Å². The lowest BCUT2D eigenvalue weighted by Gasteiger charge is -2.14. The molecule has 164 valence electrons. The summed E-state index contributed by atoms with van der Waals surface area (Å²) in [4.78, 5) is 7.38. The highest BCUT2D eigenvalue weighted by molar-refractivity contribution is 6.07. The fourth-order valence-electron chi connectivity index (χ4n) is 4.20. The smallest absolute Gasteiger partial charge is 0.0999 e. The molecule has 0 bridgehead atoms. The molecule has 0 atom stereocenters. The number of fused-ring (bicyclic) bond motifs is 1. The summed E-state index contributed by atoms with van der Waals surface area (Å²) in [7, 11) is 0. The molecular formula is C23H32N8. The monoisotopic (exact) mass is 420 g/mol. The van der Waals surface area contributed by atoms with Crippen molar-refractivity contribution in [2.24, 2.45) is 0 Å². The minimum absolute atomic E-state index is 0.384. The maximum Gasteiger partial charge on any atom is 0.0999 e. The van der Waals surface area contributed by atoms with Crippen LogP contribution in [0.4, 0.5) is 0 Å². The van der Waals surface area contributed by atoms with Crippen molar-refractivity contribution < 1.29 is 0 Å². The Balaban J connectivity index is 1.59. The van der Waals surface area contributed by atoms with E-state index in [9.17, 15) is 0 Å². The predicted octanol–water partition coefficient (Wildman–Crippen LogP) is 3.63. The van der Waals surface area contributed by atoms with Crippen LogP contribution in [0.5, 0.6) is 0 Å². The average Bonchev–Trinajstić information content (AvgIpc) is 3.55. The number of hydrogen-bond donors (Lipinski definition) is 2. The minimum atomic E-state index is 0.384. The number of rotatable bonds is 10. The Labute approximate surface area is 183 Å². The van der Waals surface area contributed by atoms with Crippen LogP contribution in [-0.2, 0) is 0 Å². The van der Waals surface area contributed by atoms with Gasteiger partial charge in [0, 0.05) is 42.8 Å². The molecule has 8 nitrogen and oxygen atoms in total. The first-order chi connectivity index (χ1) is 15.2. The van der Waals surface area contributed by atoms with Crippen LogP contribution in [-0.4, -0.2) is 61.7 Å². The van der Waals surface area contributed by atoms with Gasteiger partial charge in [-0.2, -0.15) is 10.2 Å². The topological polar surface area (TPSA) is 87.1 Å². The zero-order valence-corrected chi connectivity index (χ0v) is 18.5. The van der Waals surface area contributed by atoms with Crippen LogP contribution < -0.4 is 5.32 Å². The van der Waals surface area contributed by atoms with E-state index in [4.69, 9.17) is 10.4 Å². The third-order valence-electron chi connectivity index (χ3n) is 6.06. The molecule has 1 aliphatic rings. The summed E-state index contributed by atoms with van der Waals surface area (Å²) in [6.07, 6.45) is 15.5. The van der Waals surface area contributed by atoms with E-state index in [0.717, 1.165) is 48.3 Å². The summed E-state index contributed by atoms with van der Waals surface area (Å²) >= 11 is 0. The lowest BCUT2D eigenvalue weighted by Crippen LogP contribution is -2.27. The summed E-state index contributed by atoms with van der Waals surface area (Å²) < 4.78 is 3.86. The first kappa shape index (κ1) is 21.2. The summed E-state index contributed by atoms with van der Waals surface area (Å²) in [5, 5.41) is 20.3. The van der Waals surface area contributed by atoms with Crippen molar-refractivity contribution in [2.45, 2.75) is 45.6 Å². The van der Waals surface area contributed by atoms with Crippen molar-refractivity contribution >= 4 is 17.3 Å². The largest absolute Gasteiger partial charge is 0.389 e. The first-order valence-corrected chi connectivity index (χ1v) is 11.3. The number of nitrogens with zero attached hydrogens (tertiary/aromatic N) is 6. The molecule has 0 spiro atoms. The molecule has 0 radical (unpaired) electrons. The van der Waals surface area contributed by atoms with Crippen LogP contribution in [0.15, 0.2) is 37.1 Å². The van der Waals surface area contributed by atoms with E-state index in [1.807, 2.05) is 33.9 Å². The fourth-order valence-corrected chi connectivity index (χ4v) is 4.20. The molecule has 1 saturated heterocycles. The van der Waals surface area contributed by atoms with E-state index in [0.29, 0.717) is 11.7 Å². The van der Waals surface area contributed by atoms with Crippen molar-refractivity contribution in [2.75, 3.05) is 26.2 Å². The van der Waals surface area contributed by atoms with Crippen molar-refractivity contribution in [1.82, 2.24) is 34.6 Å². The standard InChI is InChI=1S/C23H32N8/c1-3-20(4-2)30-16-19(15-27-30)23-22-7-8-26-31(22)17-21(28-23)18(13-24)14-25-9-12-29-10-5-6-11-29/h7-8,13-17,20,24-25H,3-6,9-12H2,1-2H3/b18-14+,24-13?. The number of likely N-dealkylation sites (tertiary alicyclic amines) is 1. The summed E-state index contributed by atoms with van der Waals surface area (Å²) in [6, 6.07) is 2.34. The van der Waals surface area contributed by atoms with Gasteiger partial charge in [0.05, 0.1) is 41.5 Å². The van der Waals surface area contributed by atoms with Gasteiger partial charge in [-0.1, -0.05) is 13.8 Å². The van der Waals surface area contributed by atoms with E-state index in [2.05, 4.69) is 40.5 Å². The molecule has 1 fully saturated rings. The highest BCUT2D eigenvalue weighted by Gasteiger charge is 2.15. The second kappa shape index (κ2) is 9.87. The summed E-state index contributed by atoms with van der Waals surface area (Å²) in [5.74, 6) is 0. The van der Waals surface area contributed by atoms with Crippen LogP contribution >= 0.6 is 0 Å². The Morgan fingerprint density at radius 2 is 2.00 bits per heavy atom. The highest BCUT2D eigenvalue weighted by Crippen LogP contribution is 2.26. The predicted molar refractivity (Wildman–Crippen MR) is 124 cm³/mol. The van der Waals surface area contributed by atoms with Gasteiger partial charge in [-0.25, -0.2) is 9.50 Å². The normalized spacial score (nSPS) is 15.3. The van der Waals surface area contributed by atoms with Crippen LogP contribution in [0.25, 0.3) is 22.3 Å². The van der Waals surface area contributed by atoms with Crippen LogP contribution in [0.2, 0.25) is 0 Å². The van der Waals surface area contributed by atoms with E-state index >= 15 is 0 Å². The third kappa shape index (κ3) is 4.69. The summed E-state index contributed by atoms with van der Waals surface area (Å²) in [5.41, 5.74) is 4.17. The Kier molecular flexibility index (Phi) is 6.76. The average molecular weight is 421 g/mol. The van der Waals surface area contributed by atoms with Crippen LogP contribution in [0.1, 0.15) is 51.3 Å².